The molecule has 6 heteroatoms. The zero-order valence-corrected chi connectivity index (χ0v) is 12.4. The van der Waals surface area contributed by atoms with E-state index in [1.165, 1.54) is 14.2 Å². The van der Waals surface area contributed by atoms with E-state index in [4.69, 9.17) is 19.3 Å². The fourth-order valence-corrected chi connectivity index (χ4v) is 2.09. The SMILES string of the molecule is CCOC(=O)C(CC(=O)O)Cc1cccc(OC)c1OC. The van der Waals surface area contributed by atoms with Gasteiger partial charge < -0.3 is 19.3 Å². The molecule has 0 aliphatic heterocycles. The maximum absolute atomic E-state index is 11.9. The summed E-state index contributed by atoms with van der Waals surface area (Å²) in [6.07, 6.45) is -0.0787. The molecule has 0 saturated carbocycles. The highest BCUT2D eigenvalue weighted by molar-refractivity contribution is 5.79. The molecule has 21 heavy (non-hydrogen) atoms. The third-order valence-electron chi connectivity index (χ3n) is 2.99. The molecule has 0 spiro atoms. The number of hydrogen-bond donors (Lipinski definition) is 1. The first kappa shape index (κ1) is 16.8. The summed E-state index contributed by atoms with van der Waals surface area (Å²) in [5.41, 5.74) is 0.705. The van der Waals surface area contributed by atoms with Gasteiger partial charge in [0.25, 0.3) is 0 Å². The van der Waals surface area contributed by atoms with Crippen molar-refractivity contribution in [2.24, 2.45) is 5.92 Å². The van der Waals surface area contributed by atoms with Crippen LogP contribution < -0.4 is 9.47 Å². The number of methoxy groups -OCH3 is 2. The molecule has 0 bridgehead atoms. The van der Waals surface area contributed by atoms with Crippen LogP contribution in [0.25, 0.3) is 0 Å². The molecule has 0 saturated heterocycles. The van der Waals surface area contributed by atoms with Gasteiger partial charge in [-0.15, -0.1) is 0 Å². The monoisotopic (exact) mass is 296 g/mol. The minimum Gasteiger partial charge on any atom is -0.493 e. The Morgan fingerprint density at radius 1 is 1.24 bits per heavy atom. The zero-order chi connectivity index (χ0) is 15.8. The van der Waals surface area contributed by atoms with Crippen LogP contribution in [0.5, 0.6) is 11.5 Å². The molecule has 1 unspecified atom stereocenters. The molecule has 0 amide bonds. The minimum atomic E-state index is -1.05. The van der Waals surface area contributed by atoms with E-state index in [1.54, 1.807) is 25.1 Å². The molecule has 6 nitrogen and oxygen atoms in total. The van der Waals surface area contributed by atoms with E-state index < -0.39 is 17.9 Å². The summed E-state index contributed by atoms with van der Waals surface area (Å²) < 4.78 is 15.4. The lowest BCUT2D eigenvalue weighted by Gasteiger charge is -2.17. The Hall–Kier alpha value is -2.24. The van der Waals surface area contributed by atoms with Crippen LogP contribution in [0.4, 0.5) is 0 Å². The van der Waals surface area contributed by atoms with Crippen LogP contribution >= 0.6 is 0 Å². The number of carbonyl (C=O) groups is 2. The van der Waals surface area contributed by atoms with E-state index in [2.05, 4.69) is 0 Å². The number of rotatable bonds is 8. The maximum atomic E-state index is 11.9. The molecule has 0 aliphatic carbocycles. The Labute approximate surface area is 123 Å². The largest absolute Gasteiger partial charge is 0.493 e. The summed E-state index contributed by atoms with van der Waals surface area (Å²) in [6, 6.07) is 5.27. The number of carbonyl (C=O) groups excluding carboxylic acids is 1. The second-order valence-corrected chi connectivity index (χ2v) is 4.40. The first-order valence-corrected chi connectivity index (χ1v) is 6.61. The minimum absolute atomic E-state index is 0.212. The molecule has 0 aliphatic rings. The standard InChI is InChI=1S/C15H20O6/c1-4-21-15(18)11(9-13(16)17)8-10-6-5-7-12(19-2)14(10)20-3/h5-7,11H,4,8-9H2,1-3H3,(H,16,17). The van der Waals surface area contributed by atoms with Crippen molar-refractivity contribution in [3.8, 4) is 11.5 Å². The van der Waals surface area contributed by atoms with Crippen molar-refractivity contribution in [3.05, 3.63) is 23.8 Å². The molecule has 1 N–H and O–H groups in total. The Kier molecular flexibility index (Phi) is 6.52. The summed E-state index contributed by atoms with van der Waals surface area (Å²) >= 11 is 0. The van der Waals surface area contributed by atoms with Crippen molar-refractivity contribution in [2.75, 3.05) is 20.8 Å². The lowest BCUT2D eigenvalue weighted by molar-refractivity contribution is -0.152. The Morgan fingerprint density at radius 2 is 1.95 bits per heavy atom. The van der Waals surface area contributed by atoms with Gasteiger partial charge >= 0.3 is 11.9 Å². The highest BCUT2D eigenvalue weighted by atomic mass is 16.5. The Balaban J connectivity index is 3.02. The van der Waals surface area contributed by atoms with Crippen molar-refractivity contribution in [3.63, 3.8) is 0 Å². The van der Waals surface area contributed by atoms with Crippen molar-refractivity contribution >= 4 is 11.9 Å². The summed E-state index contributed by atoms with van der Waals surface area (Å²) in [7, 11) is 3.01. The summed E-state index contributed by atoms with van der Waals surface area (Å²) in [5, 5.41) is 8.94. The third-order valence-corrected chi connectivity index (χ3v) is 2.99. The van der Waals surface area contributed by atoms with E-state index in [-0.39, 0.29) is 19.4 Å². The number of carboxylic acid groups (broad SMARTS) is 1. The van der Waals surface area contributed by atoms with Crippen molar-refractivity contribution < 1.29 is 28.9 Å². The molecule has 0 radical (unpaired) electrons. The summed E-state index contributed by atoms with van der Waals surface area (Å²) in [4.78, 5) is 22.8. The van der Waals surface area contributed by atoms with E-state index in [0.29, 0.717) is 17.1 Å². The number of hydrogen-bond acceptors (Lipinski definition) is 5. The van der Waals surface area contributed by atoms with Gasteiger partial charge in [-0.2, -0.15) is 0 Å². The predicted octanol–water partition coefficient (Wildman–Crippen LogP) is 1.90. The Morgan fingerprint density at radius 3 is 2.48 bits per heavy atom. The van der Waals surface area contributed by atoms with Gasteiger partial charge in [-0.05, 0) is 25.0 Å². The lowest BCUT2D eigenvalue weighted by atomic mass is 9.95. The van der Waals surface area contributed by atoms with Crippen LogP contribution in [-0.2, 0) is 20.7 Å². The molecule has 1 aromatic rings. The fraction of sp³-hybridized carbons (Fsp3) is 0.467. The van der Waals surface area contributed by atoms with E-state index in [0.717, 1.165) is 0 Å². The quantitative estimate of drug-likeness (QED) is 0.738. The number of aliphatic carboxylic acids is 1. The van der Waals surface area contributed by atoms with Gasteiger partial charge in [-0.1, -0.05) is 12.1 Å². The average molecular weight is 296 g/mol. The van der Waals surface area contributed by atoms with Crippen LogP contribution in [0.15, 0.2) is 18.2 Å². The van der Waals surface area contributed by atoms with Gasteiger partial charge in [-0.25, -0.2) is 0 Å². The molecular weight excluding hydrogens is 276 g/mol. The number of para-hydroxylation sites is 1. The van der Waals surface area contributed by atoms with Crippen molar-refractivity contribution in [1.29, 1.82) is 0 Å². The number of carboxylic acids is 1. The summed E-state index contributed by atoms with van der Waals surface area (Å²) in [6.45, 7) is 1.89. The lowest BCUT2D eigenvalue weighted by Crippen LogP contribution is -2.23. The molecule has 1 rings (SSSR count). The van der Waals surface area contributed by atoms with Crippen LogP contribution in [0, 0.1) is 5.92 Å². The first-order valence-electron chi connectivity index (χ1n) is 6.61. The number of benzene rings is 1. The third kappa shape index (κ3) is 4.66. The van der Waals surface area contributed by atoms with E-state index in [9.17, 15) is 9.59 Å². The molecule has 0 heterocycles. The van der Waals surface area contributed by atoms with Gasteiger partial charge in [0.2, 0.25) is 0 Å². The van der Waals surface area contributed by atoms with Gasteiger partial charge in [0.1, 0.15) is 0 Å². The number of esters is 1. The van der Waals surface area contributed by atoms with E-state index >= 15 is 0 Å². The summed E-state index contributed by atoms with van der Waals surface area (Å²) in [5.74, 6) is -1.30. The second kappa shape index (κ2) is 8.14. The van der Waals surface area contributed by atoms with E-state index in [1.807, 2.05) is 0 Å². The van der Waals surface area contributed by atoms with Crippen LogP contribution in [-0.4, -0.2) is 37.9 Å². The molecule has 1 aromatic carbocycles. The Bertz CT molecular complexity index is 497. The molecule has 116 valence electrons. The van der Waals surface area contributed by atoms with Crippen LogP contribution in [0.3, 0.4) is 0 Å². The topological polar surface area (TPSA) is 82.1 Å². The number of ether oxygens (including phenoxy) is 3. The maximum Gasteiger partial charge on any atom is 0.309 e. The normalized spacial score (nSPS) is 11.6. The van der Waals surface area contributed by atoms with Gasteiger partial charge in [0.15, 0.2) is 11.5 Å². The molecular formula is C15H20O6. The molecule has 0 fully saturated rings. The predicted molar refractivity (Wildman–Crippen MR) is 75.6 cm³/mol. The smallest absolute Gasteiger partial charge is 0.309 e. The molecule has 1 atom stereocenters. The van der Waals surface area contributed by atoms with Gasteiger partial charge in [-0.3, -0.25) is 9.59 Å². The fourth-order valence-electron chi connectivity index (χ4n) is 2.09. The average Bonchev–Trinajstić information content (AvgIpc) is 2.45. The van der Waals surface area contributed by atoms with Gasteiger partial charge in [0.05, 0.1) is 33.2 Å². The zero-order valence-electron chi connectivity index (χ0n) is 12.4. The van der Waals surface area contributed by atoms with Crippen LogP contribution in [0.2, 0.25) is 0 Å². The van der Waals surface area contributed by atoms with Gasteiger partial charge in [0, 0.05) is 0 Å². The highest BCUT2D eigenvalue weighted by Crippen LogP contribution is 2.32. The second-order valence-electron chi connectivity index (χ2n) is 4.40. The first-order chi connectivity index (χ1) is 10.0. The highest BCUT2D eigenvalue weighted by Gasteiger charge is 2.25. The van der Waals surface area contributed by atoms with Crippen molar-refractivity contribution in [2.45, 2.75) is 19.8 Å². The molecule has 0 aromatic heterocycles. The van der Waals surface area contributed by atoms with Crippen molar-refractivity contribution in [1.82, 2.24) is 0 Å². The van der Waals surface area contributed by atoms with Crippen LogP contribution in [0.1, 0.15) is 18.9 Å².